The summed E-state index contributed by atoms with van der Waals surface area (Å²) in [5.74, 6) is 2.06. The molecule has 21 heavy (non-hydrogen) atoms. The van der Waals surface area contributed by atoms with Gasteiger partial charge in [-0.25, -0.2) is 0 Å². The van der Waals surface area contributed by atoms with Crippen LogP contribution >= 0.6 is 11.6 Å². The van der Waals surface area contributed by atoms with Gasteiger partial charge >= 0.3 is 0 Å². The van der Waals surface area contributed by atoms with Crippen LogP contribution in [-0.2, 0) is 5.88 Å². The van der Waals surface area contributed by atoms with Gasteiger partial charge in [0.1, 0.15) is 5.75 Å². The number of hydrogen-bond donors (Lipinski definition) is 0. The molecule has 3 heteroatoms. The van der Waals surface area contributed by atoms with Crippen molar-refractivity contribution >= 4 is 11.6 Å². The summed E-state index contributed by atoms with van der Waals surface area (Å²) in [6, 6.07) is 10.3. The number of pyridine rings is 1. The molecule has 0 unspecified atom stereocenters. The molecular formula is C18H22ClNO. The predicted molar refractivity (Wildman–Crippen MR) is 89.1 cm³/mol. The van der Waals surface area contributed by atoms with Gasteiger partial charge in [-0.2, -0.15) is 0 Å². The fourth-order valence-electron chi connectivity index (χ4n) is 2.34. The molecule has 1 aromatic heterocycles. The van der Waals surface area contributed by atoms with Crippen LogP contribution in [0.5, 0.6) is 5.75 Å². The van der Waals surface area contributed by atoms with Gasteiger partial charge in [0.15, 0.2) is 0 Å². The van der Waals surface area contributed by atoms with Gasteiger partial charge in [-0.15, -0.1) is 11.6 Å². The summed E-state index contributed by atoms with van der Waals surface area (Å²) in [6.07, 6.45) is 4.36. The van der Waals surface area contributed by atoms with E-state index in [0.717, 1.165) is 22.6 Å². The Morgan fingerprint density at radius 3 is 2.62 bits per heavy atom. The number of benzene rings is 1. The van der Waals surface area contributed by atoms with Crippen LogP contribution in [0.25, 0.3) is 11.3 Å². The average Bonchev–Trinajstić information content (AvgIpc) is 3.41. The minimum Gasteiger partial charge on any atom is -0.497 e. The summed E-state index contributed by atoms with van der Waals surface area (Å²) in [7, 11) is 1.71. The first-order valence-electron chi connectivity index (χ1n) is 7.51. The van der Waals surface area contributed by atoms with Crippen LogP contribution in [0, 0.1) is 0 Å². The van der Waals surface area contributed by atoms with Crippen molar-refractivity contribution in [2.45, 2.75) is 38.5 Å². The number of halogens is 1. The SMILES string of the molecule is CC.COc1cc(-c2ncccc2CCl)cc(C2CC2)c1. The predicted octanol–water partition coefficient (Wildman–Crippen LogP) is 5.40. The smallest absolute Gasteiger partial charge is 0.119 e. The fraction of sp³-hybridized carbons (Fsp3) is 0.389. The number of alkyl halides is 1. The van der Waals surface area contributed by atoms with E-state index in [1.165, 1.54) is 18.4 Å². The lowest BCUT2D eigenvalue weighted by atomic mass is 10.0. The molecule has 1 aliphatic rings. The third-order valence-electron chi connectivity index (χ3n) is 3.52. The van der Waals surface area contributed by atoms with E-state index >= 15 is 0 Å². The lowest BCUT2D eigenvalue weighted by molar-refractivity contribution is 0.414. The van der Waals surface area contributed by atoms with Crippen LogP contribution in [0.1, 0.15) is 43.7 Å². The first-order chi connectivity index (χ1) is 10.3. The maximum atomic E-state index is 6.00. The molecule has 0 saturated heterocycles. The highest BCUT2D eigenvalue weighted by atomic mass is 35.5. The molecule has 0 N–H and O–H groups in total. The van der Waals surface area contributed by atoms with Gasteiger partial charge in [0, 0.05) is 17.6 Å². The Morgan fingerprint density at radius 2 is 2.00 bits per heavy atom. The molecular weight excluding hydrogens is 282 g/mol. The second kappa shape index (κ2) is 7.46. The average molecular weight is 304 g/mol. The zero-order chi connectivity index (χ0) is 15.2. The molecule has 1 fully saturated rings. The fourth-order valence-corrected chi connectivity index (χ4v) is 2.55. The van der Waals surface area contributed by atoms with Crippen molar-refractivity contribution in [2.75, 3.05) is 7.11 Å². The Bertz CT molecular complexity index is 594. The standard InChI is InChI=1S/C16H16ClNO.C2H6/c1-19-15-8-13(11-4-5-11)7-14(9-15)16-12(10-17)3-2-6-18-16;1-2/h2-3,6-9,11H,4-5,10H2,1H3;1-2H3. The Morgan fingerprint density at radius 1 is 1.24 bits per heavy atom. The van der Waals surface area contributed by atoms with Gasteiger partial charge < -0.3 is 4.74 Å². The van der Waals surface area contributed by atoms with Crippen molar-refractivity contribution in [3.8, 4) is 17.0 Å². The number of aromatic nitrogens is 1. The van der Waals surface area contributed by atoms with Gasteiger partial charge in [0.05, 0.1) is 12.8 Å². The molecule has 2 aromatic rings. The van der Waals surface area contributed by atoms with Crippen molar-refractivity contribution < 1.29 is 4.74 Å². The summed E-state index contributed by atoms with van der Waals surface area (Å²) in [4.78, 5) is 4.48. The zero-order valence-corrected chi connectivity index (χ0v) is 13.7. The molecule has 1 heterocycles. The Hall–Kier alpha value is -1.54. The van der Waals surface area contributed by atoms with Gasteiger partial charge in [-0.1, -0.05) is 19.9 Å². The van der Waals surface area contributed by atoms with E-state index in [4.69, 9.17) is 16.3 Å². The Labute approximate surface area is 132 Å². The summed E-state index contributed by atoms with van der Waals surface area (Å²) < 4.78 is 5.41. The van der Waals surface area contributed by atoms with Gasteiger partial charge in [0.25, 0.3) is 0 Å². The first kappa shape index (κ1) is 15.8. The monoisotopic (exact) mass is 303 g/mol. The largest absolute Gasteiger partial charge is 0.497 e. The first-order valence-corrected chi connectivity index (χ1v) is 8.04. The molecule has 0 amide bonds. The van der Waals surface area contributed by atoms with Crippen LogP contribution in [0.4, 0.5) is 0 Å². The molecule has 2 nitrogen and oxygen atoms in total. The van der Waals surface area contributed by atoms with E-state index in [9.17, 15) is 0 Å². The Kier molecular flexibility index (Phi) is 5.63. The number of methoxy groups -OCH3 is 1. The molecule has 0 atom stereocenters. The second-order valence-electron chi connectivity index (χ2n) is 4.91. The quantitative estimate of drug-likeness (QED) is 0.706. The van der Waals surface area contributed by atoms with Crippen LogP contribution in [0.15, 0.2) is 36.5 Å². The highest BCUT2D eigenvalue weighted by molar-refractivity contribution is 6.17. The maximum absolute atomic E-state index is 6.00. The maximum Gasteiger partial charge on any atom is 0.119 e. The van der Waals surface area contributed by atoms with E-state index in [-0.39, 0.29) is 0 Å². The van der Waals surface area contributed by atoms with E-state index in [0.29, 0.717) is 11.8 Å². The summed E-state index contributed by atoms with van der Waals surface area (Å²) >= 11 is 6.00. The van der Waals surface area contributed by atoms with Crippen LogP contribution in [0.3, 0.4) is 0 Å². The molecule has 0 aliphatic heterocycles. The van der Waals surface area contributed by atoms with Crippen molar-refractivity contribution in [2.24, 2.45) is 0 Å². The number of hydrogen-bond acceptors (Lipinski definition) is 2. The third-order valence-corrected chi connectivity index (χ3v) is 3.81. The van der Waals surface area contributed by atoms with Gasteiger partial charge in [-0.3, -0.25) is 4.98 Å². The highest BCUT2D eigenvalue weighted by Gasteiger charge is 2.24. The second-order valence-corrected chi connectivity index (χ2v) is 5.18. The summed E-state index contributed by atoms with van der Waals surface area (Å²) in [5.41, 5.74) is 4.45. The van der Waals surface area contributed by atoms with Crippen molar-refractivity contribution in [3.05, 3.63) is 47.7 Å². The van der Waals surface area contributed by atoms with Crippen LogP contribution in [-0.4, -0.2) is 12.1 Å². The van der Waals surface area contributed by atoms with E-state index in [2.05, 4.69) is 17.1 Å². The van der Waals surface area contributed by atoms with Crippen LogP contribution in [0.2, 0.25) is 0 Å². The third kappa shape index (κ3) is 3.76. The minimum absolute atomic E-state index is 0.471. The summed E-state index contributed by atoms with van der Waals surface area (Å²) in [6.45, 7) is 4.00. The zero-order valence-electron chi connectivity index (χ0n) is 12.9. The highest BCUT2D eigenvalue weighted by Crippen LogP contribution is 2.42. The van der Waals surface area contributed by atoms with E-state index in [1.807, 2.05) is 38.2 Å². The van der Waals surface area contributed by atoms with Crippen molar-refractivity contribution in [3.63, 3.8) is 0 Å². The van der Waals surface area contributed by atoms with Crippen molar-refractivity contribution in [1.82, 2.24) is 4.98 Å². The molecule has 3 rings (SSSR count). The topological polar surface area (TPSA) is 22.1 Å². The molecule has 112 valence electrons. The summed E-state index contributed by atoms with van der Waals surface area (Å²) in [5, 5.41) is 0. The molecule has 0 spiro atoms. The normalized spacial score (nSPS) is 13.3. The molecule has 0 radical (unpaired) electrons. The lowest BCUT2D eigenvalue weighted by Gasteiger charge is -2.10. The molecule has 0 bridgehead atoms. The van der Waals surface area contributed by atoms with E-state index in [1.54, 1.807) is 7.11 Å². The van der Waals surface area contributed by atoms with Gasteiger partial charge in [-0.05, 0) is 54.2 Å². The van der Waals surface area contributed by atoms with Crippen LogP contribution < -0.4 is 4.74 Å². The number of nitrogens with zero attached hydrogens (tertiary/aromatic N) is 1. The molecule has 1 aliphatic carbocycles. The Balaban J connectivity index is 0.000000774. The lowest BCUT2D eigenvalue weighted by Crippen LogP contribution is -1.93. The number of rotatable bonds is 4. The number of ether oxygens (including phenoxy) is 1. The minimum atomic E-state index is 0.471. The van der Waals surface area contributed by atoms with E-state index < -0.39 is 0 Å². The van der Waals surface area contributed by atoms with Gasteiger partial charge in [0.2, 0.25) is 0 Å². The molecule has 1 aromatic carbocycles. The van der Waals surface area contributed by atoms with Crippen molar-refractivity contribution in [1.29, 1.82) is 0 Å². The molecule has 1 saturated carbocycles.